The third-order valence-electron chi connectivity index (χ3n) is 8.66. The van der Waals surface area contributed by atoms with Crippen LogP contribution in [0.2, 0.25) is 0 Å². The fourth-order valence-electron chi connectivity index (χ4n) is 6.85. The van der Waals surface area contributed by atoms with Crippen molar-refractivity contribution in [2.24, 2.45) is 35.5 Å². The molecule has 0 heterocycles. The molecule has 0 unspecified atom stereocenters. The molecular formula is C25H46. The Kier molecular flexibility index (Phi) is 8.19. The Hall–Kier alpha value is 0. The van der Waals surface area contributed by atoms with E-state index in [1.807, 2.05) is 0 Å². The standard InChI is InChI=1S/C25H46/c1-3-5-6-8-21-11-13-22(14-12-21)23-15-17-24(18-16-23)25-10-7-9-20(4-2)19-25/h20-25H,3-19H2,1-2H3/t20-,21?,22?,23?,24?,25+/m0/s1. The maximum Gasteiger partial charge on any atom is -0.0383 e. The van der Waals surface area contributed by atoms with Crippen LogP contribution in [-0.2, 0) is 0 Å². The predicted molar refractivity (Wildman–Crippen MR) is 111 cm³/mol. The van der Waals surface area contributed by atoms with E-state index in [2.05, 4.69) is 13.8 Å². The first-order chi connectivity index (χ1) is 12.3. The highest BCUT2D eigenvalue weighted by atomic mass is 14.4. The van der Waals surface area contributed by atoms with Crippen LogP contribution in [0.1, 0.15) is 123 Å². The number of rotatable bonds is 7. The van der Waals surface area contributed by atoms with Crippen LogP contribution >= 0.6 is 0 Å². The maximum absolute atomic E-state index is 2.42. The van der Waals surface area contributed by atoms with Crippen LogP contribution in [0.4, 0.5) is 0 Å². The highest BCUT2D eigenvalue weighted by Crippen LogP contribution is 2.46. The second kappa shape index (κ2) is 10.4. The molecule has 0 spiro atoms. The van der Waals surface area contributed by atoms with Crippen LogP contribution in [0.25, 0.3) is 0 Å². The van der Waals surface area contributed by atoms with Gasteiger partial charge in [0, 0.05) is 0 Å². The Balaban J connectivity index is 1.35. The molecule has 0 radical (unpaired) electrons. The Morgan fingerprint density at radius 3 is 1.76 bits per heavy atom. The van der Waals surface area contributed by atoms with E-state index in [-0.39, 0.29) is 0 Å². The Labute approximate surface area is 158 Å². The van der Waals surface area contributed by atoms with Crippen molar-refractivity contribution in [3.8, 4) is 0 Å². The fourth-order valence-corrected chi connectivity index (χ4v) is 6.85. The van der Waals surface area contributed by atoms with Crippen LogP contribution in [0.15, 0.2) is 0 Å². The molecule has 0 bridgehead atoms. The zero-order valence-corrected chi connectivity index (χ0v) is 17.5. The summed E-state index contributed by atoms with van der Waals surface area (Å²) in [5.41, 5.74) is 0. The Bertz CT molecular complexity index is 343. The highest BCUT2D eigenvalue weighted by Gasteiger charge is 2.34. The van der Waals surface area contributed by atoms with E-state index >= 15 is 0 Å². The molecule has 0 aromatic rings. The second-order valence-corrected chi connectivity index (χ2v) is 10.2. The molecule has 0 N–H and O–H groups in total. The van der Waals surface area contributed by atoms with Gasteiger partial charge in [-0.05, 0) is 80.5 Å². The lowest BCUT2D eigenvalue weighted by atomic mass is 9.64. The summed E-state index contributed by atoms with van der Waals surface area (Å²) in [6, 6.07) is 0. The predicted octanol–water partition coefficient (Wildman–Crippen LogP) is 8.40. The van der Waals surface area contributed by atoms with Gasteiger partial charge < -0.3 is 0 Å². The molecule has 0 saturated heterocycles. The largest absolute Gasteiger partial charge is 0.0654 e. The normalized spacial score (nSPS) is 40.1. The zero-order chi connectivity index (χ0) is 17.5. The number of hydrogen-bond donors (Lipinski definition) is 0. The van der Waals surface area contributed by atoms with E-state index in [0.29, 0.717) is 0 Å². The van der Waals surface area contributed by atoms with Crippen molar-refractivity contribution in [3.63, 3.8) is 0 Å². The summed E-state index contributed by atoms with van der Waals surface area (Å²) in [5.74, 6) is 6.59. The van der Waals surface area contributed by atoms with Gasteiger partial charge in [0.05, 0.1) is 0 Å². The van der Waals surface area contributed by atoms with E-state index in [1.54, 1.807) is 64.2 Å². The fraction of sp³-hybridized carbons (Fsp3) is 1.00. The van der Waals surface area contributed by atoms with Crippen LogP contribution in [-0.4, -0.2) is 0 Å². The van der Waals surface area contributed by atoms with Gasteiger partial charge in [-0.2, -0.15) is 0 Å². The van der Waals surface area contributed by atoms with Gasteiger partial charge in [0.25, 0.3) is 0 Å². The summed E-state index contributed by atoms with van der Waals surface area (Å²) in [5, 5.41) is 0. The van der Waals surface area contributed by atoms with Gasteiger partial charge in [-0.3, -0.25) is 0 Å². The lowest BCUT2D eigenvalue weighted by molar-refractivity contribution is 0.0992. The molecule has 0 nitrogen and oxygen atoms in total. The summed E-state index contributed by atoms with van der Waals surface area (Å²) >= 11 is 0. The van der Waals surface area contributed by atoms with Crippen LogP contribution in [0.5, 0.6) is 0 Å². The maximum atomic E-state index is 2.42. The quantitative estimate of drug-likeness (QED) is 0.406. The molecule has 0 aliphatic heterocycles. The van der Waals surface area contributed by atoms with Crippen molar-refractivity contribution >= 4 is 0 Å². The van der Waals surface area contributed by atoms with Gasteiger partial charge >= 0.3 is 0 Å². The SMILES string of the molecule is CCCCCC1CCC(C2CCC([C@@H]3CCC[C@H](CC)C3)CC2)CC1. The lowest BCUT2D eigenvalue weighted by Gasteiger charge is -2.41. The number of unbranched alkanes of at least 4 members (excludes halogenated alkanes) is 2. The van der Waals surface area contributed by atoms with Crippen LogP contribution in [0.3, 0.4) is 0 Å². The Morgan fingerprint density at radius 1 is 0.560 bits per heavy atom. The molecule has 146 valence electrons. The molecule has 25 heavy (non-hydrogen) atoms. The van der Waals surface area contributed by atoms with E-state index < -0.39 is 0 Å². The van der Waals surface area contributed by atoms with Crippen molar-refractivity contribution in [1.82, 2.24) is 0 Å². The average Bonchev–Trinajstić information content (AvgIpc) is 2.69. The molecule has 3 rings (SSSR count). The molecule has 3 aliphatic rings. The topological polar surface area (TPSA) is 0 Å². The minimum absolute atomic E-state index is 1.07. The van der Waals surface area contributed by atoms with Crippen LogP contribution < -0.4 is 0 Å². The third-order valence-corrected chi connectivity index (χ3v) is 8.66. The lowest BCUT2D eigenvalue weighted by Crippen LogP contribution is -2.30. The van der Waals surface area contributed by atoms with Crippen molar-refractivity contribution in [1.29, 1.82) is 0 Å². The monoisotopic (exact) mass is 346 g/mol. The minimum atomic E-state index is 1.07. The molecule has 3 saturated carbocycles. The highest BCUT2D eigenvalue weighted by molar-refractivity contribution is 4.86. The molecule has 2 atom stereocenters. The summed E-state index contributed by atoms with van der Waals surface area (Å²) in [6.07, 6.45) is 26.2. The van der Waals surface area contributed by atoms with Gasteiger partial charge in [0.15, 0.2) is 0 Å². The molecule has 3 aliphatic carbocycles. The van der Waals surface area contributed by atoms with Gasteiger partial charge in [0.1, 0.15) is 0 Å². The Morgan fingerprint density at radius 2 is 1.16 bits per heavy atom. The summed E-state index contributed by atoms with van der Waals surface area (Å²) in [7, 11) is 0. The van der Waals surface area contributed by atoms with Crippen molar-refractivity contribution in [2.45, 2.75) is 123 Å². The molecule has 0 aromatic carbocycles. The summed E-state index contributed by atoms with van der Waals surface area (Å²) < 4.78 is 0. The molecule has 0 aromatic heterocycles. The third kappa shape index (κ3) is 5.74. The summed E-state index contributed by atoms with van der Waals surface area (Å²) in [4.78, 5) is 0. The van der Waals surface area contributed by atoms with Crippen molar-refractivity contribution < 1.29 is 0 Å². The molecule has 3 fully saturated rings. The van der Waals surface area contributed by atoms with E-state index in [0.717, 1.165) is 35.5 Å². The van der Waals surface area contributed by atoms with E-state index in [1.165, 1.54) is 44.9 Å². The first-order valence-electron chi connectivity index (χ1n) is 12.3. The number of hydrogen-bond acceptors (Lipinski definition) is 0. The van der Waals surface area contributed by atoms with Gasteiger partial charge in [0.2, 0.25) is 0 Å². The average molecular weight is 347 g/mol. The first-order valence-corrected chi connectivity index (χ1v) is 12.3. The molecule has 0 amide bonds. The molecular weight excluding hydrogens is 300 g/mol. The summed E-state index contributed by atoms with van der Waals surface area (Å²) in [6.45, 7) is 4.76. The zero-order valence-electron chi connectivity index (χ0n) is 17.5. The van der Waals surface area contributed by atoms with Gasteiger partial charge in [-0.1, -0.05) is 78.1 Å². The molecule has 0 heteroatoms. The smallest absolute Gasteiger partial charge is 0.0383 e. The van der Waals surface area contributed by atoms with Gasteiger partial charge in [-0.25, -0.2) is 0 Å². The van der Waals surface area contributed by atoms with Crippen molar-refractivity contribution in [3.05, 3.63) is 0 Å². The van der Waals surface area contributed by atoms with E-state index in [4.69, 9.17) is 0 Å². The second-order valence-electron chi connectivity index (χ2n) is 10.2. The van der Waals surface area contributed by atoms with E-state index in [9.17, 15) is 0 Å². The van der Waals surface area contributed by atoms with Crippen LogP contribution in [0, 0.1) is 35.5 Å². The van der Waals surface area contributed by atoms with Crippen molar-refractivity contribution in [2.75, 3.05) is 0 Å². The minimum Gasteiger partial charge on any atom is -0.0654 e. The first kappa shape index (κ1) is 19.8. The van der Waals surface area contributed by atoms with Gasteiger partial charge in [-0.15, -0.1) is 0 Å².